The van der Waals surface area contributed by atoms with E-state index >= 15 is 0 Å². The Labute approximate surface area is 110 Å². The van der Waals surface area contributed by atoms with E-state index in [9.17, 15) is 13.2 Å². The molecule has 1 aromatic heterocycles. The average Bonchev–Trinajstić information content (AvgIpc) is 3.00. The molecule has 0 radical (unpaired) electrons. The molecule has 1 fully saturated rings. The van der Waals surface area contributed by atoms with Crippen molar-refractivity contribution in [2.45, 2.75) is 19.4 Å². The predicted octanol–water partition coefficient (Wildman–Crippen LogP) is -1.09. The van der Waals surface area contributed by atoms with Crippen molar-refractivity contribution >= 4 is 16.2 Å². The van der Waals surface area contributed by atoms with Gasteiger partial charge in [-0.25, -0.2) is 9.52 Å². The Hall–Kier alpha value is -1.52. The Morgan fingerprint density at radius 3 is 2.68 bits per heavy atom. The second-order valence-corrected chi connectivity index (χ2v) is 5.93. The molecule has 1 saturated heterocycles. The Bertz CT molecular complexity index is 549. The number of carbonyl (C=O) groups is 1. The Balaban J connectivity index is 1.83. The van der Waals surface area contributed by atoms with Crippen molar-refractivity contribution in [3.05, 3.63) is 11.9 Å². The maximum Gasteiger partial charge on any atom is 0.358 e. The van der Waals surface area contributed by atoms with Crippen molar-refractivity contribution in [3.8, 4) is 0 Å². The molecule has 0 bridgehead atoms. The van der Waals surface area contributed by atoms with E-state index in [0.717, 1.165) is 12.8 Å². The molecule has 0 atom stereocenters. The Morgan fingerprint density at radius 1 is 1.42 bits per heavy atom. The van der Waals surface area contributed by atoms with Crippen LogP contribution in [0.4, 0.5) is 0 Å². The van der Waals surface area contributed by atoms with Gasteiger partial charge in [-0.2, -0.15) is 12.7 Å². The van der Waals surface area contributed by atoms with Gasteiger partial charge in [0.25, 0.3) is 10.2 Å². The Morgan fingerprint density at radius 2 is 2.11 bits per heavy atom. The van der Waals surface area contributed by atoms with Gasteiger partial charge in [0.15, 0.2) is 5.69 Å². The van der Waals surface area contributed by atoms with Gasteiger partial charge in [0.05, 0.1) is 12.7 Å². The minimum atomic E-state index is -3.43. The van der Waals surface area contributed by atoms with Crippen molar-refractivity contribution in [2.75, 3.05) is 19.6 Å². The zero-order chi connectivity index (χ0) is 13.9. The highest BCUT2D eigenvalue weighted by Crippen LogP contribution is 2.10. The summed E-state index contributed by atoms with van der Waals surface area (Å²) < 4.78 is 28.8. The molecule has 9 nitrogen and oxygen atoms in total. The summed E-state index contributed by atoms with van der Waals surface area (Å²) >= 11 is 0. The molecule has 1 aromatic rings. The number of nitrogens with one attached hydrogen (secondary N) is 1. The molecular formula is C9H15N5O4S. The summed E-state index contributed by atoms with van der Waals surface area (Å²) in [6, 6.07) is 0. The van der Waals surface area contributed by atoms with Crippen LogP contribution in [0.2, 0.25) is 0 Å². The number of hydrogen-bond acceptors (Lipinski definition) is 5. The van der Waals surface area contributed by atoms with Gasteiger partial charge in [0.1, 0.15) is 0 Å². The lowest BCUT2D eigenvalue weighted by atomic mass is 10.4. The molecule has 0 aliphatic carbocycles. The number of carboxylic acids is 1. The highest BCUT2D eigenvalue weighted by Gasteiger charge is 2.24. The minimum Gasteiger partial charge on any atom is -0.476 e. The molecule has 106 valence electrons. The van der Waals surface area contributed by atoms with Crippen LogP contribution in [-0.2, 0) is 16.8 Å². The first kappa shape index (κ1) is 13.9. The largest absolute Gasteiger partial charge is 0.476 e. The number of nitrogens with zero attached hydrogens (tertiary/aromatic N) is 4. The van der Waals surface area contributed by atoms with Crippen LogP contribution in [0.25, 0.3) is 0 Å². The van der Waals surface area contributed by atoms with E-state index in [1.807, 2.05) is 0 Å². The molecule has 0 amide bonds. The third-order valence-corrected chi connectivity index (χ3v) is 4.40. The SMILES string of the molecule is O=C(O)c1cn(CCNS(=O)(=O)N2CCCC2)nn1. The molecule has 2 heterocycles. The van der Waals surface area contributed by atoms with E-state index in [2.05, 4.69) is 15.0 Å². The van der Waals surface area contributed by atoms with Crippen molar-refractivity contribution in [2.24, 2.45) is 0 Å². The van der Waals surface area contributed by atoms with Crippen LogP contribution in [0.15, 0.2) is 6.20 Å². The number of aromatic nitrogens is 3. The van der Waals surface area contributed by atoms with Crippen LogP contribution < -0.4 is 4.72 Å². The summed E-state index contributed by atoms with van der Waals surface area (Å²) in [5.74, 6) is -1.16. The lowest BCUT2D eigenvalue weighted by molar-refractivity contribution is 0.0690. The zero-order valence-corrected chi connectivity index (χ0v) is 11.0. The van der Waals surface area contributed by atoms with Gasteiger partial charge < -0.3 is 5.11 Å². The monoisotopic (exact) mass is 289 g/mol. The fourth-order valence-electron chi connectivity index (χ4n) is 1.81. The maximum atomic E-state index is 11.8. The predicted molar refractivity (Wildman–Crippen MR) is 64.7 cm³/mol. The molecule has 19 heavy (non-hydrogen) atoms. The molecule has 0 saturated carbocycles. The van der Waals surface area contributed by atoms with Crippen LogP contribution in [0.1, 0.15) is 23.3 Å². The van der Waals surface area contributed by atoms with Gasteiger partial charge in [0, 0.05) is 19.6 Å². The summed E-state index contributed by atoms with van der Waals surface area (Å²) in [4.78, 5) is 10.6. The van der Waals surface area contributed by atoms with Crippen molar-refractivity contribution in [1.29, 1.82) is 0 Å². The molecule has 0 aromatic carbocycles. The molecule has 2 rings (SSSR count). The number of rotatable bonds is 6. The topological polar surface area (TPSA) is 117 Å². The smallest absolute Gasteiger partial charge is 0.358 e. The zero-order valence-electron chi connectivity index (χ0n) is 10.2. The Kier molecular flexibility index (Phi) is 4.12. The highest BCUT2D eigenvalue weighted by molar-refractivity contribution is 7.87. The van der Waals surface area contributed by atoms with E-state index in [4.69, 9.17) is 5.11 Å². The fraction of sp³-hybridized carbons (Fsp3) is 0.667. The average molecular weight is 289 g/mol. The standard InChI is InChI=1S/C9H15N5O4S/c15-9(16)8-7-13(12-11-8)6-3-10-19(17,18)14-4-1-2-5-14/h7,10H,1-6H2,(H,15,16). The van der Waals surface area contributed by atoms with Gasteiger partial charge in [-0.3, -0.25) is 4.68 Å². The van der Waals surface area contributed by atoms with Gasteiger partial charge >= 0.3 is 5.97 Å². The van der Waals surface area contributed by atoms with Gasteiger partial charge in [0.2, 0.25) is 0 Å². The summed E-state index contributed by atoms with van der Waals surface area (Å²) in [6.45, 7) is 1.46. The van der Waals surface area contributed by atoms with E-state index in [0.29, 0.717) is 13.1 Å². The van der Waals surface area contributed by atoms with Crippen LogP contribution >= 0.6 is 0 Å². The first-order valence-corrected chi connectivity index (χ1v) is 7.31. The fourth-order valence-corrected chi connectivity index (χ4v) is 3.09. The lowest BCUT2D eigenvalue weighted by Gasteiger charge is -2.15. The number of hydrogen-bond donors (Lipinski definition) is 2. The van der Waals surface area contributed by atoms with Gasteiger partial charge in [-0.1, -0.05) is 5.21 Å². The molecule has 2 N–H and O–H groups in total. The summed E-state index contributed by atoms with van der Waals surface area (Å²) in [6.07, 6.45) is 3.02. The minimum absolute atomic E-state index is 0.140. The normalized spacial score (nSPS) is 16.8. The second-order valence-electron chi connectivity index (χ2n) is 4.18. The van der Waals surface area contributed by atoms with Crippen LogP contribution in [0.3, 0.4) is 0 Å². The molecule has 1 aliphatic heterocycles. The van der Waals surface area contributed by atoms with Gasteiger partial charge in [-0.15, -0.1) is 5.10 Å². The van der Waals surface area contributed by atoms with E-state index < -0.39 is 16.2 Å². The maximum absolute atomic E-state index is 11.8. The first-order valence-electron chi connectivity index (χ1n) is 5.87. The van der Waals surface area contributed by atoms with Crippen molar-refractivity contribution < 1.29 is 18.3 Å². The second kappa shape index (κ2) is 5.63. The van der Waals surface area contributed by atoms with Crippen LogP contribution in [0.5, 0.6) is 0 Å². The third-order valence-electron chi connectivity index (χ3n) is 2.79. The van der Waals surface area contributed by atoms with E-state index in [1.165, 1.54) is 15.2 Å². The third kappa shape index (κ3) is 3.49. The summed E-state index contributed by atoms with van der Waals surface area (Å²) in [5.41, 5.74) is -0.164. The highest BCUT2D eigenvalue weighted by atomic mass is 32.2. The van der Waals surface area contributed by atoms with Crippen molar-refractivity contribution in [1.82, 2.24) is 24.0 Å². The number of aromatic carboxylic acids is 1. The lowest BCUT2D eigenvalue weighted by Crippen LogP contribution is -2.40. The quantitative estimate of drug-likeness (QED) is 0.687. The molecule has 0 spiro atoms. The van der Waals surface area contributed by atoms with Crippen LogP contribution in [-0.4, -0.2) is 58.4 Å². The molecular weight excluding hydrogens is 274 g/mol. The first-order chi connectivity index (χ1) is 8.99. The van der Waals surface area contributed by atoms with Crippen molar-refractivity contribution in [3.63, 3.8) is 0 Å². The molecule has 10 heteroatoms. The molecule has 1 aliphatic rings. The number of carboxylic acid groups (broad SMARTS) is 1. The molecule has 0 unspecified atom stereocenters. The van der Waals surface area contributed by atoms with Crippen LogP contribution in [0, 0.1) is 0 Å². The van der Waals surface area contributed by atoms with E-state index in [-0.39, 0.29) is 18.8 Å². The summed E-state index contributed by atoms with van der Waals surface area (Å²) in [5, 5.41) is 15.7. The van der Waals surface area contributed by atoms with Gasteiger partial charge in [-0.05, 0) is 12.8 Å². The summed E-state index contributed by atoms with van der Waals surface area (Å²) in [7, 11) is -3.43. The van der Waals surface area contributed by atoms with E-state index in [1.54, 1.807) is 0 Å².